The van der Waals surface area contributed by atoms with Crippen LogP contribution in [0.15, 0.2) is 60.7 Å². The van der Waals surface area contributed by atoms with Crippen molar-refractivity contribution in [2.75, 3.05) is 27.4 Å². The highest BCUT2D eigenvalue weighted by Crippen LogP contribution is 2.20. The van der Waals surface area contributed by atoms with Gasteiger partial charge in [-0.1, -0.05) is 60.7 Å². The molecule has 0 radical (unpaired) electrons. The molecule has 0 heterocycles. The Morgan fingerprint density at radius 1 is 0.643 bits per heavy atom. The predicted octanol–water partition coefficient (Wildman–Crippen LogP) is 2.17. The first-order valence-corrected chi connectivity index (χ1v) is 9.31. The largest absolute Gasteiger partial charge is 0.394 e. The smallest absolute Gasteiger partial charge is 0.115 e. The van der Waals surface area contributed by atoms with Gasteiger partial charge in [0.1, 0.15) is 24.4 Å². The molecule has 4 atom stereocenters. The number of aliphatic hydroxyl groups is 2. The van der Waals surface area contributed by atoms with Crippen LogP contribution in [0.1, 0.15) is 11.1 Å². The zero-order valence-electron chi connectivity index (χ0n) is 16.4. The summed E-state index contributed by atoms with van der Waals surface area (Å²) < 4.78 is 23.0. The summed E-state index contributed by atoms with van der Waals surface area (Å²) in [6, 6.07) is 19.4. The van der Waals surface area contributed by atoms with Crippen LogP contribution >= 0.6 is 0 Å². The average Bonchev–Trinajstić information content (AvgIpc) is 2.76. The molecule has 0 saturated heterocycles. The molecule has 0 amide bonds. The van der Waals surface area contributed by atoms with E-state index in [2.05, 4.69) is 0 Å². The number of hydrogen-bond acceptors (Lipinski definition) is 6. The van der Waals surface area contributed by atoms with E-state index < -0.39 is 24.4 Å². The lowest BCUT2D eigenvalue weighted by atomic mass is 10.0. The third-order valence-corrected chi connectivity index (χ3v) is 4.58. The fourth-order valence-corrected chi connectivity index (χ4v) is 3.02. The SMILES string of the molecule is CO[C@@H]([C@H](OCc1ccccc1)[C@@H](CO)OCc1ccccc1)[C@H](CO)OC. The molecule has 154 valence electrons. The Hall–Kier alpha value is -1.80. The minimum atomic E-state index is -0.655. The van der Waals surface area contributed by atoms with Crippen molar-refractivity contribution in [2.45, 2.75) is 37.6 Å². The third kappa shape index (κ3) is 6.67. The molecule has 2 rings (SSSR count). The molecule has 0 saturated carbocycles. The Morgan fingerprint density at radius 2 is 1.14 bits per heavy atom. The third-order valence-electron chi connectivity index (χ3n) is 4.58. The minimum Gasteiger partial charge on any atom is -0.394 e. The van der Waals surface area contributed by atoms with Crippen LogP contribution in [0.4, 0.5) is 0 Å². The molecule has 6 heteroatoms. The van der Waals surface area contributed by atoms with Gasteiger partial charge in [0.25, 0.3) is 0 Å². The average molecular weight is 390 g/mol. The van der Waals surface area contributed by atoms with Crippen LogP contribution in [0.3, 0.4) is 0 Å². The van der Waals surface area contributed by atoms with Crippen molar-refractivity contribution in [1.29, 1.82) is 0 Å². The van der Waals surface area contributed by atoms with Gasteiger partial charge in [-0.05, 0) is 11.1 Å². The Morgan fingerprint density at radius 3 is 1.57 bits per heavy atom. The van der Waals surface area contributed by atoms with E-state index in [-0.39, 0.29) is 13.2 Å². The zero-order valence-corrected chi connectivity index (χ0v) is 16.4. The van der Waals surface area contributed by atoms with E-state index in [0.717, 1.165) is 11.1 Å². The lowest BCUT2D eigenvalue weighted by Crippen LogP contribution is -2.51. The number of aliphatic hydroxyl groups excluding tert-OH is 2. The van der Waals surface area contributed by atoms with Gasteiger partial charge in [0.2, 0.25) is 0 Å². The summed E-state index contributed by atoms with van der Waals surface area (Å²) in [6.07, 6.45) is -2.53. The lowest BCUT2D eigenvalue weighted by Gasteiger charge is -2.35. The molecule has 0 bridgehead atoms. The molecule has 28 heavy (non-hydrogen) atoms. The van der Waals surface area contributed by atoms with E-state index in [0.29, 0.717) is 13.2 Å². The van der Waals surface area contributed by atoms with Crippen molar-refractivity contribution in [3.63, 3.8) is 0 Å². The van der Waals surface area contributed by atoms with Crippen LogP contribution in [0.25, 0.3) is 0 Å². The Kier molecular flexibility index (Phi) is 10.1. The van der Waals surface area contributed by atoms with Gasteiger partial charge < -0.3 is 29.2 Å². The van der Waals surface area contributed by atoms with Crippen LogP contribution in [0, 0.1) is 0 Å². The first kappa shape index (κ1) is 22.5. The van der Waals surface area contributed by atoms with Gasteiger partial charge in [-0.2, -0.15) is 0 Å². The van der Waals surface area contributed by atoms with Crippen LogP contribution in [-0.2, 0) is 32.2 Å². The number of ether oxygens (including phenoxy) is 4. The molecule has 0 aromatic heterocycles. The van der Waals surface area contributed by atoms with Crippen LogP contribution < -0.4 is 0 Å². The zero-order chi connectivity index (χ0) is 20.2. The van der Waals surface area contributed by atoms with E-state index in [4.69, 9.17) is 18.9 Å². The van der Waals surface area contributed by atoms with Gasteiger partial charge in [-0.15, -0.1) is 0 Å². The Bertz CT molecular complexity index is 632. The molecule has 2 aromatic rings. The van der Waals surface area contributed by atoms with Crippen molar-refractivity contribution >= 4 is 0 Å². The predicted molar refractivity (Wildman–Crippen MR) is 106 cm³/mol. The van der Waals surface area contributed by atoms with Gasteiger partial charge >= 0.3 is 0 Å². The quantitative estimate of drug-likeness (QED) is 0.546. The second-order valence-corrected chi connectivity index (χ2v) is 6.44. The topological polar surface area (TPSA) is 77.4 Å². The fourth-order valence-electron chi connectivity index (χ4n) is 3.02. The highest BCUT2D eigenvalue weighted by Gasteiger charge is 2.36. The summed E-state index contributed by atoms with van der Waals surface area (Å²) in [6.45, 7) is 0.147. The van der Waals surface area contributed by atoms with E-state index in [1.165, 1.54) is 14.2 Å². The maximum Gasteiger partial charge on any atom is 0.115 e. The summed E-state index contributed by atoms with van der Waals surface area (Å²) in [4.78, 5) is 0. The molecular weight excluding hydrogens is 360 g/mol. The van der Waals surface area contributed by atoms with E-state index in [1.54, 1.807) is 0 Å². The van der Waals surface area contributed by atoms with Crippen molar-refractivity contribution in [3.8, 4) is 0 Å². The van der Waals surface area contributed by atoms with Crippen molar-refractivity contribution in [3.05, 3.63) is 71.8 Å². The molecule has 0 aliphatic rings. The molecule has 0 spiro atoms. The molecule has 0 fully saturated rings. The fraction of sp³-hybridized carbons (Fsp3) is 0.455. The first-order chi connectivity index (χ1) is 13.7. The van der Waals surface area contributed by atoms with Gasteiger partial charge in [0.15, 0.2) is 0 Å². The standard InChI is InChI=1S/C22H30O6/c1-25-19(13-23)21(26-2)22(28-16-18-11-7-4-8-12-18)20(14-24)27-15-17-9-5-3-6-10-17/h3-12,19-24H,13-16H2,1-2H3/t19-,20+,21+,22+/m0/s1. The lowest BCUT2D eigenvalue weighted by molar-refractivity contribution is -0.184. The molecule has 0 aliphatic heterocycles. The van der Waals surface area contributed by atoms with E-state index >= 15 is 0 Å². The van der Waals surface area contributed by atoms with Gasteiger partial charge in [0, 0.05) is 14.2 Å². The molecule has 6 nitrogen and oxygen atoms in total. The number of rotatable bonds is 13. The van der Waals surface area contributed by atoms with Crippen LogP contribution in [0.2, 0.25) is 0 Å². The van der Waals surface area contributed by atoms with Gasteiger partial charge in [0.05, 0.1) is 26.4 Å². The number of hydrogen-bond donors (Lipinski definition) is 2. The highest BCUT2D eigenvalue weighted by molar-refractivity contribution is 5.14. The van der Waals surface area contributed by atoms with Crippen molar-refractivity contribution < 1.29 is 29.2 Å². The molecule has 0 unspecified atom stereocenters. The molecule has 0 aliphatic carbocycles. The minimum absolute atomic E-state index is 0.239. The summed E-state index contributed by atoms with van der Waals surface area (Å²) in [5.41, 5.74) is 1.97. The maximum absolute atomic E-state index is 9.98. The Labute approximate surface area is 166 Å². The maximum atomic E-state index is 9.98. The monoisotopic (exact) mass is 390 g/mol. The summed E-state index contributed by atoms with van der Waals surface area (Å²) >= 11 is 0. The number of benzene rings is 2. The van der Waals surface area contributed by atoms with E-state index in [9.17, 15) is 10.2 Å². The van der Waals surface area contributed by atoms with Gasteiger partial charge in [-0.25, -0.2) is 0 Å². The van der Waals surface area contributed by atoms with Crippen molar-refractivity contribution in [1.82, 2.24) is 0 Å². The second-order valence-electron chi connectivity index (χ2n) is 6.44. The van der Waals surface area contributed by atoms with Crippen molar-refractivity contribution in [2.24, 2.45) is 0 Å². The second kappa shape index (κ2) is 12.6. The number of methoxy groups -OCH3 is 2. The normalized spacial score (nSPS) is 15.7. The summed E-state index contributed by atoms with van der Waals surface area (Å²) in [5.74, 6) is 0. The van der Waals surface area contributed by atoms with Crippen LogP contribution in [0.5, 0.6) is 0 Å². The first-order valence-electron chi connectivity index (χ1n) is 9.31. The van der Waals surface area contributed by atoms with Gasteiger partial charge in [-0.3, -0.25) is 0 Å². The van der Waals surface area contributed by atoms with E-state index in [1.807, 2.05) is 60.7 Å². The summed E-state index contributed by atoms with van der Waals surface area (Å²) in [7, 11) is 3.02. The molecule has 2 aromatic carbocycles. The molecule has 2 N–H and O–H groups in total. The summed E-state index contributed by atoms with van der Waals surface area (Å²) in [5, 5.41) is 19.6. The van der Waals surface area contributed by atoms with Crippen LogP contribution in [-0.4, -0.2) is 62.1 Å². The highest BCUT2D eigenvalue weighted by atomic mass is 16.6. The molecular formula is C22H30O6. The Balaban J connectivity index is 2.15.